The summed E-state index contributed by atoms with van der Waals surface area (Å²) in [5, 5.41) is 5.81. The molecule has 1 saturated heterocycles. The van der Waals surface area contributed by atoms with Crippen LogP contribution in [0, 0.1) is 6.92 Å². The Morgan fingerprint density at radius 3 is 2.87 bits per heavy atom. The van der Waals surface area contributed by atoms with Gasteiger partial charge in [0, 0.05) is 30.9 Å². The first-order valence-electron chi connectivity index (χ1n) is 10.4. The van der Waals surface area contributed by atoms with Gasteiger partial charge < -0.3 is 21.3 Å². The highest BCUT2D eigenvalue weighted by molar-refractivity contribution is 5.79. The summed E-state index contributed by atoms with van der Waals surface area (Å²) >= 11 is 0. The van der Waals surface area contributed by atoms with Gasteiger partial charge in [0.2, 0.25) is 5.91 Å². The van der Waals surface area contributed by atoms with Crippen molar-refractivity contribution in [2.24, 2.45) is 5.73 Å². The minimum atomic E-state index is -0.645. The minimum absolute atomic E-state index is 0.0260. The number of rotatable bonds is 7. The first-order valence-corrected chi connectivity index (χ1v) is 10.4. The molecule has 8 nitrogen and oxygen atoms in total. The Morgan fingerprint density at radius 1 is 1.30 bits per heavy atom. The fourth-order valence-corrected chi connectivity index (χ4v) is 3.84. The van der Waals surface area contributed by atoms with Gasteiger partial charge in [0.25, 0.3) is 0 Å². The normalized spacial score (nSPS) is 17.3. The number of piperidine rings is 1. The minimum Gasteiger partial charge on any atom is -0.354 e. The van der Waals surface area contributed by atoms with Gasteiger partial charge in [0.05, 0.1) is 12.5 Å². The average molecular weight is 411 g/mol. The van der Waals surface area contributed by atoms with Crippen LogP contribution in [0.1, 0.15) is 49.0 Å². The number of carbonyl (C=O) groups is 2. The highest BCUT2D eigenvalue weighted by Crippen LogP contribution is 2.20. The number of aromatic nitrogens is 2. The third-order valence-electron chi connectivity index (χ3n) is 5.33. The number of hydrogen-bond acceptors (Lipinski definition) is 5. The second-order valence-electron chi connectivity index (χ2n) is 7.75. The van der Waals surface area contributed by atoms with Crippen molar-refractivity contribution < 1.29 is 9.59 Å². The zero-order chi connectivity index (χ0) is 21.5. The number of carbonyl (C=O) groups excluding carboxylic acids is 2. The Balaban J connectivity index is 1.62. The molecule has 0 spiro atoms. The molecule has 2 aromatic rings. The van der Waals surface area contributed by atoms with Crippen LogP contribution in [0.4, 0.5) is 10.6 Å². The molecular weight excluding hydrogens is 380 g/mol. The maximum atomic E-state index is 12.8. The Bertz CT molecular complexity index is 887. The summed E-state index contributed by atoms with van der Waals surface area (Å²) in [5.74, 6) is 0.785. The average Bonchev–Trinajstić information content (AvgIpc) is 2.73. The number of nitrogens with one attached hydrogen (secondary N) is 2. The Hall–Kier alpha value is -3.16. The van der Waals surface area contributed by atoms with Crippen LogP contribution >= 0.6 is 0 Å². The number of benzene rings is 1. The molecular formula is C22H30N6O2. The Labute approximate surface area is 177 Å². The van der Waals surface area contributed by atoms with E-state index < -0.39 is 12.1 Å². The molecule has 0 radical (unpaired) electrons. The number of hydrogen-bond donors (Lipinski definition) is 3. The summed E-state index contributed by atoms with van der Waals surface area (Å²) in [5.41, 5.74) is 8.26. The second kappa shape index (κ2) is 10.0. The van der Waals surface area contributed by atoms with E-state index in [2.05, 4.69) is 32.4 Å². The fraction of sp³-hybridized carbons (Fsp3) is 0.455. The molecule has 1 aliphatic rings. The lowest BCUT2D eigenvalue weighted by Crippen LogP contribution is -2.48. The molecule has 0 saturated carbocycles. The number of urea groups is 1. The van der Waals surface area contributed by atoms with Gasteiger partial charge in [-0.2, -0.15) is 0 Å². The molecule has 0 bridgehead atoms. The van der Waals surface area contributed by atoms with E-state index in [-0.39, 0.29) is 18.4 Å². The zero-order valence-corrected chi connectivity index (χ0v) is 17.6. The lowest BCUT2D eigenvalue weighted by atomic mass is 10.0. The molecule has 1 fully saturated rings. The monoisotopic (exact) mass is 410 g/mol. The molecule has 2 unspecified atom stereocenters. The smallest absolute Gasteiger partial charge is 0.312 e. The quantitative estimate of drug-likeness (QED) is 0.648. The van der Waals surface area contributed by atoms with Crippen molar-refractivity contribution in [1.82, 2.24) is 20.6 Å². The Kier molecular flexibility index (Phi) is 7.21. The van der Waals surface area contributed by atoms with E-state index in [1.54, 1.807) is 6.33 Å². The van der Waals surface area contributed by atoms with Gasteiger partial charge in [-0.1, -0.05) is 36.8 Å². The lowest BCUT2D eigenvalue weighted by molar-refractivity contribution is -0.122. The van der Waals surface area contributed by atoms with Gasteiger partial charge in [0.15, 0.2) is 0 Å². The third-order valence-corrected chi connectivity index (χ3v) is 5.33. The van der Waals surface area contributed by atoms with E-state index in [4.69, 9.17) is 5.73 Å². The predicted molar refractivity (Wildman–Crippen MR) is 116 cm³/mol. The van der Waals surface area contributed by atoms with Gasteiger partial charge >= 0.3 is 6.03 Å². The third kappa shape index (κ3) is 5.92. The van der Waals surface area contributed by atoms with E-state index in [0.717, 1.165) is 48.4 Å². The van der Waals surface area contributed by atoms with Crippen molar-refractivity contribution in [2.45, 2.75) is 51.6 Å². The molecule has 30 heavy (non-hydrogen) atoms. The van der Waals surface area contributed by atoms with Crippen LogP contribution in [-0.4, -0.2) is 41.0 Å². The topological polar surface area (TPSA) is 113 Å². The number of nitrogens with two attached hydrogens (primary N) is 1. The highest BCUT2D eigenvalue weighted by Gasteiger charge is 2.24. The molecule has 2 heterocycles. The van der Waals surface area contributed by atoms with Crippen LogP contribution < -0.4 is 21.3 Å². The molecule has 2 atom stereocenters. The second-order valence-corrected chi connectivity index (χ2v) is 7.75. The van der Waals surface area contributed by atoms with Gasteiger partial charge in [-0.25, -0.2) is 14.8 Å². The SMILES string of the molecule is CCc1cc(N2CCCC(NC(=O)CC(NC(N)=O)c3cccc(C)c3)C2)ncn1. The van der Waals surface area contributed by atoms with Crippen LogP contribution in [0.2, 0.25) is 0 Å². The molecule has 3 amide bonds. The van der Waals surface area contributed by atoms with Crippen LogP contribution in [0.5, 0.6) is 0 Å². The summed E-state index contributed by atoms with van der Waals surface area (Å²) in [4.78, 5) is 35.1. The predicted octanol–water partition coefficient (Wildman–Crippen LogP) is 2.23. The largest absolute Gasteiger partial charge is 0.354 e. The van der Waals surface area contributed by atoms with Crippen molar-refractivity contribution in [3.8, 4) is 0 Å². The van der Waals surface area contributed by atoms with Crippen molar-refractivity contribution in [2.75, 3.05) is 18.0 Å². The van der Waals surface area contributed by atoms with Crippen molar-refractivity contribution in [3.63, 3.8) is 0 Å². The van der Waals surface area contributed by atoms with E-state index in [1.165, 1.54) is 0 Å². The highest BCUT2D eigenvalue weighted by atomic mass is 16.2. The molecule has 1 aromatic heterocycles. The zero-order valence-electron chi connectivity index (χ0n) is 17.6. The van der Waals surface area contributed by atoms with Crippen molar-refractivity contribution >= 4 is 17.8 Å². The number of amides is 3. The first-order chi connectivity index (χ1) is 14.4. The number of primary amides is 1. The molecule has 1 aliphatic heterocycles. The fourth-order valence-electron chi connectivity index (χ4n) is 3.84. The molecule has 0 aliphatic carbocycles. The van der Waals surface area contributed by atoms with E-state index in [1.807, 2.05) is 37.3 Å². The van der Waals surface area contributed by atoms with Crippen LogP contribution in [0.25, 0.3) is 0 Å². The molecule has 3 rings (SSSR count). The van der Waals surface area contributed by atoms with Gasteiger partial charge in [-0.05, 0) is 31.7 Å². The first kappa shape index (κ1) is 21.5. The van der Waals surface area contributed by atoms with Crippen molar-refractivity contribution in [1.29, 1.82) is 0 Å². The number of anilines is 1. The van der Waals surface area contributed by atoms with Crippen molar-refractivity contribution in [3.05, 3.63) is 53.5 Å². The molecule has 1 aromatic carbocycles. The van der Waals surface area contributed by atoms with Gasteiger partial charge in [-0.3, -0.25) is 4.79 Å². The number of aryl methyl sites for hydroxylation is 2. The molecule has 4 N–H and O–H groups in total. The lowest BCUT2D eigenvalue weighted by Gasteiger charge is -2.34. The van der Waals surface area contributed by atoms with Gasteiger partial charge in [-0.15, -0.1) is 0 Å². The Morgan fingerprint density at radius 2 is 2.13 bits per heavy atom. The van der Waals surface area contributed by atoms with Crippen LogP contribution in [-0.2, 0) is 11.2 Å². The van der Waals surface area contributed by atoms with E-state index in [9.17, 15) is 9.59 Å². The van der Waals surface area contributed by atoms with Crippen LogP contribution in [0.15, 0.2) is 36.7 Å². The summed E-state index contributed by atoms with van der Waals surface area (Å²) < 4.78 is 0. The van der Waals surface area contributed by atoms with Gasteiger partial charge in [0.1, 0.15) is 12.1 Å². The molecule has 8 heteroatoms. The molecule has 160 valence electrons. The number of nitrogens with zero attached hydrogens (tertiary/aromatic N) is 3. The standard InChI is InChI=1S/C22H30N6O2/c1-3-17-11-20(25-14-24-17)28-9-5-8-18(13-28)26-21(29)12-19(27-22(23)30)16-7-4-6-15(2)10-16/h4,6-7,10-11,14,18-19H,3,5,8-9,12-13H2,1-2H3,(H,26,29)(H3,23,27,30). The summed E-state index contributed by atoms with van der Waals surface area (Å²) in [7, 11) is 0. The maximum Gasteiger partial charge on any atom is 0.312 e. The maximum absolute atomic E-state index is 12.8. The summed E-state index contributed by atoms with van der Waals surface area (Å²) in [6.07, 6.45) is 4.47. The van der Waals surface area contributed by atoms with Crippen LogP contribution in [0.3, 0.4) is 0 Å². The summed E-state index contributed by atoms with van der Waals surface area (Å²) in [6, 6.07) is 8.65. The summed E-state index contributed by atoms with van der Waals surface area (Å²) in [6.45, 7) is 5.64. The van der Waals surface area contributed by atoms with E-state index in [0.29, 0.717) is 6.54 Å². The van der Waals surface area contributed by atoms with E-state index >= 15 is 0 Å².